The molecule has 4 nitrogen and oxygen atoms in total. The van der Waals surface area contributed by atoms with Gasteiger partial charge in [-0.05, 0) is 73.5 Å². The van der Waals surface area contributed by atoms with Crippen molar-refractivity contribution in [2.24, 2.45) is 23.7 Å². The van der Waals surface area contributed by atoms with Crippen molar-refractivity contribution in [2.45, 2.75) is 51.2 Å². The van der Waals surface area contributed by atoms with E-state index < -0.39 is 0 Å². The van der Waals surface area contributed by atoms with Crippen molar-refractivity contribution in [1.29, 1.82) is 0 Å². The van der Waals surface area contributed by atoms with E-state index in [2.05, 4.69) is 17.4 Å². The van der Waals surface area contributed by atoms with Gasteiger partial charge in [-0.25, -0.2) is 4.39 Å². The molecule has 4 aliphatic rings. The van der Waals surface area contributed by atoms with E-state index >= 15 is 0 Å². The third kappa shape index (κ3) is 3.86. The van der Waals surface area contributed by atoms with Crippen LogP contribution in [0, 0.1) is 29.5 Å². The maximum atomic E-state index is 13.4. The molecular weight excluding hydrogens is 423 g/mol. The first-order valence-electron chi connectivity index (χ1n) is 11.8. The topological polar surface area (TPSA) is 42.7 Å². The normalized spacial score (nSPS) is 28.4. The zero-order valence-corrected chi connectivity index (χ0v) is 18.8. The lowest BCUT2D eigenvalue weighted by atomic mass is 9.54. The van der Waals surface area contributed by atoms with Gasteiger partial charge in [0.05, 0.1) is 6.54 Å². The van der Waals surface area contributed by atoms with Crippen LogP contribution < -0.4 is 5.32 Å². The van der Waals surface area contributed by atoms with Gasteiger partial charge >= 0.3 is 0 Å². The Labute approximate surface area is 193 Å². The first-order chi connectivity index (χ1) is 15.6. The van der Waals surface area contributed by atoms with Crippen molar-refractivity contribution in [3.8, 4) is 11.3 Å². The summed E-state index contributed by atoms with van der Waals surface area (Å²) in [5.74, 6) is 3.24. The smallest absolute Gasteiger partial charge is 0.124 e. The van der Waals surface area contributed by atoms with Crippen LogP contribution in [0.5, 0.6) is 0 Å². The Hall–Kier alpha value is -2.24. The molecule has 1 heterocycles. The van der Waals surface area contributed by atoms with E-state index in [0.717, 1.165) is 46.2 Å². The molecular formula is C26H28ClFN4. The SMILES string of the molecule is Fc1ccc(Cn2nc(CNC3C4CC5CC(C4)CC3C5)c(-c3ccccc3)n2)c(Cl)c1. The van der Waals surface area contributed by atoms with E-state index in [4.69, 9.17) is 21.8 Å². The molecule has 32 heavy (non-hydrogen) atoms. The number of hydrogen-bond donors (Lipinski definition) is 1. The van der Waals surface area contributed by atoms with Crippen molar-refractivity contribution in [3.63, 3.8) is 0 Å². The van der Waals surface area contributed by atoms with Gasteiger partial charge in [-0.3, -0.25) is 0 Å². The summed E-state index contributed by atoms with van der Waals surface area (Å²) in [6.45, 7) is 1.13. The first-order valence-corrected chi connectivity index (χ1v) is 12.2. The lowest BCUT2D eigenvalue weighted by molar-refractivity contribution is -0.0143. The number of halogens is 2. The molecule has 4 saturated carbocycles. The van der Waals surface area contributed by atoms with Crippen molar-refractivity contribution in [3.05, 3.63) is 70.6 Å². The van der Waals surface area contributed by atoms with Crippen molar-refractivity contribution in [2.75, 3.05) is 0 Å². The third-order valence-corrected chi connectivity index (χ3v) is 8.18. The van der Waals surface area contributed by atoms with E-state index in [9.17, 15) is 4.39 Å². The Morgan fingerprint density at radius 3 is 2.34 bits per heavy atom. The molecule has 1 N–H and O–H groups in total. The van der Waals surface area contributed by atoms with Gasteiger partial charge in [0.25, 0.3) is 0 Å². The molecule has 0 radical (unpaired) electrons. The molecule has 0 atom stereocenters. The summed E-state index contributed by atoms with van der Waals surface area (Å²) in [5.41, 5.74) is 3.73. The van der Waals surface area contributed by atoms with Crippen LogP contribution in [-0.2, 0) is 13.1 Å². The van der Waals surface area contributed by atoms with Gasteiger partial charge in [-0.1, -0.05) is 48.0 Å². The van der Waals surface area contributed by atoms with Crippen LogP contribution in [0.4, 0.5) is 4.39 Å². The van der Waals surface area contributed by atoms with Gasteiger partial charge in [0.15, 0.2) is 0 Å². The summed E-state index contributed by atoms with van der Waals surface area (Å²) in [7, 11) is 0. The fraction of sp³-hybridized carbons (Fsp3) is 0.462. The molecule has 4 fully saturated rings. The maximum absolute atomic E-state index is 13.4. The van der Waals surface area contributed by atoms with Crippen LogP contribution >= 0.6 is 11.6 Å². The zero-order chi connectivity index (χ0) is 21.7. The highest BCUT2D eigenvalue weighted by Gasteiger charge is 2.47. The maximum Gasteiger partial charge on any atom is 0.124 e. The molecule has 7 rings (SSSR count). The second-order valence-corrected chi connectivity index (χ2v) is 10.4. The predicted octanol–water partition coefficient (Wildman–Crippen LogP) is 5.70. The summed E-state index contributed by atoms with van der Waals surface area (Å²) in [4.78, 5) is 1.69. The minimum Gasteiger partial charge on any atom is -0.308 e. The van der Waals surface area contributed by atoms with Gasteiger partial charge in [0, 0.05) is 23.2 Å². The fourth-order valence-corrected chi connectivity index (χ4v) is 6.89. The molecule has 1 aromatic heterocycles. The van der Waals surface area contributed by atoms with Crippen LogP contribution in [0.1, 0.15) is 43.4 Å². The van der Waals surface area contributed by atoms with E-state index in [-0.39, 0.29) is 5.82 Å². The number of rotatable bonds is 6. The monoisotopic (exact) mass is 450 g/mol. The molecule has 0 unspecified atom stereocenters. The van der Waals surface area contributed by atoms with Gasteiger partial charge in [0.2, 0.25) is 0 Å². The summed E-state index contributed by atoms with van der Waals surface area (Å²) >= 11 is 6.25. The van der Waals surface area contributed by atoms with Crippen LogP contribution in [0.2, 0.25) is 5.02 Å². The first kappa shape index (κ1) is 20.4. The van der Waals surface area contributed by atoms with Gasteiger partial charge < -0.3 is 5.32 Å². The van der Waals surface area contributed by atoms with Crippen LogP contribution in [0.15, 0.2) is 48.5 Å². The summed E-state index contributed by atoms with van der Waals surface area (Å²) in [6, 6.07) is 15.3. The van der Waals surface area contributed by atoms with E-state index in [1.807, 2.05) is 18.2 Å². The highest BCUT2D eigenvalue weighted by Crippen LogP contribution is 2.53. The molecule has 2 aromatic carbocycles. The van der Waals surface area contributed by atoms with Crippen LogP contribution in [0.3, 0.4) is 0 Å². The van der Waals surface area contributed by atoms with Crippen LogP contribution in [0.25, 0.3) is 11.3 Å². The molecule has 0 aliphatic heterocycles. The number of nitrogens with zero attached hydrogens (tertiary/aromatic N) is 3. The molecule has 4 bridgehead atoms. The Balaban J connectivity index is 1.25. The average molecular weight is 451 g/mol. The lowest BCUT2D eigenvalue weighted by Crippen LogP contribution is -2.54. The number of hydrogen-bond acceptors (Lipinski definition) is 3. The Morgan fingerprint density at radius 2 is 1.66 bits per heavy atom. The predicted molar refractivity (Wildman–Crippen MR) is 124 cm³/mol. The summed E-state index contributed by atoms with van der Waals surface area (Å²) < 4.78 is 13.4. The Morgan fingerprint density at radius 1 is 0.938 bits per heavy atom. The quantitative estimate of drug-likeness (QED) is 0.523. The molecule has 0 saturated heterocycles. The van der Waals surface area contributed by atoms with Crippen molar-refractivity contribution < 1.29 is 4.39 Å². The minimum absolute atomic E-state index is 0.335. The van der Waals surface area contributed by atoms with E-state index in [0.29, 0.717) is 24.2 Å². The molecule has 166 valence electrons. The standard InChI is InChI=1S/C26H28ClFN4/c27-23-13-22(28)7-6-19(23)15-32-30-24(26(31-32)18-4-2-1-3-5-18)14-29-25-20-9-16-8-17(11-20)12-21(25)10-16/h1-7,13,16-17,20-21,25,29H,8-12,14-15H2. The largest absolute Gasteiger partial charge is 0.308 e. The number of aromatic nitrogens is 3. The van der Waals surface area contributed by atoms with Gasteiger partial charge in [-0.2, -0.15) is 15.0 Å². The number of benzene rings is 2. The molecule has 0 amide bonds. The second-order valence-electron chi connectivity index (χ2n) is 9.96. The second kappa shape index (κ2) is 8.27. The summed E-state index contributed by atoms with van der Waals surface area (Å²) in [5, 5.41) is 13.9. The van der Waals surface area contributed by atoms with E-state index in [1.54, 1.807) is 10.9 Å². The number of nitrogens with one attached hydrogen (secondary N) is 1. The van der Waals surface area contributed by atoms with Gasteiger partial charge in [-0.15, -0.1) is 0 Å². The molecule has 3 aromatic rings. The average Bonchev–Trinajstić information content (AvgIpc) is 3.18. The fourth-order valence-electron chi connectivity index (χ4n) is 6.67. The Kier molecular flexibility index (Phi) is 5.27. The minimum atomic E-state index is -0.335. The highest BCUT2D eigenvalue weighted by molar-refractivity contribution is 6.31. The third-order valence-electron chi connectivity index (χ3n) is 7.83. The van der Waals surface area contributed by atoms with Crippen molar-refractivity contribution >= 4 is 11.6 Å². The van der Waals surface area contributed by atoms with Crippen molar-refractivity contribution in [1.82, 2.24) is 20.3 Å². The Bertz CT molecular complexity index is 1080. The van der Waals surface area contributed by atoms with E-state index in [1.165, 1.54) is 44.2 Å². The highest BCUT2D eigenvalue weighted by atomic mass is 35.5. The lowest BCUT2D eigenvalue weighted by Gasteiger charge is -2.54. The molecule has 6 heteroatoms. The van der Waals surface area contributed by atoms with Gasteiger partial charge in [0.1, 0.15) is 17.2 Å². The molecule has 4 aliphatic carbocycles. The zero-order valence-electron chi connectivity index (χ0n) is 18.1. The summed E-state index contributed by atoms with van der Waals surface area (Å²) in [6.07, 6.45) is 7.05. The molecule has 0 spiro atoms. The van der Waals surface area contributed by atoms with Crippen LogP contribution in [-0.4, -0.2) is 21.0 Å².